The van der Waals surface area contributed by atoms with Crippen LogP contribution in [0.1, 0.15) is 21.5 Å². The fourth-order valence-corrected chi connectivity index (χ4v) is 3.60. The number of hydrogen-bond acceptors (Lipinski definition) is 5. The van der Waals surface area contributed by atoms with E-state index in [2.05, 4.69) is 20.5 Å². The van der Waals surface area contributed by atoms with Crippen molar-refractivity contribution >= 4 is 5.91 Å². The first-order chi connectivity index (χ1) is 15.1. The minimum atomic E-state index is -0.277. The molecule has 1 aliphatic heterocycles. The molecule has 0 radical (unpaired) electrons. The van der Waals surface area contributed by atoms with Crippen molar-refractivity contribution in [2.75, 3.05) is 39.4 Å². The highest BCUT2D eigenvalue weighted by atomic mass is 19.1. The van der Waals surface area contributed by atoms with E-state index < -0.39 is 0 Å². The van der Waals surface area contributed by atoms with Gasteiger partial charge in [-0.05, 0) is 36.2 Å². The smallest absolute Gasteiger partial charge is 0.251 e. The number of halogens is 1. The van der Waals surface area contributed by atoms with E-state index >= 15 is 0 Å². The molecule has 0 saturated carbocycles. The molecule has 8 heteroatoms. The second kappa shape index (κ2) is 9.80. The van der Waals surface area contributed by atoms with Crippen molar-refractivity contribution in [1.82, 2.24) is 25.2 Å². The molecular weight excluding hydrogens is 397 g/mol. The van der Waals surface area contributed by atoms with E-state index in [9.17, 15) is 9.18 Å². The zero-order valence-electron chi connectivity index (χ0n) is 17.6. The molecule has 1 aliphatic rings. The summed E-state index contributed by atoms with van der Waals surface area (Å²) in [7, 11) is 0. The van der Waals surface area contributed by atoms with Gasteiger partial charge in [-0.3, -0.25) is 9.69 Å². The maximum Gasteiger partial charge on any atom is 0.251 e. The van der Waals surface area contributed by atoms with Gasteiger partial charge in [0.2, 0.25) is 0 Å². The third-order valence-electron chi connectivity index (χ3n) is 5.37. The van der Waals surface area contributed by atoms with Crippen molar-refractivity contribution in [2.45, 2.75) is 13.5 Å². The Bertz CT molecular complexity index is 1050. The fourth-order valence-electron chi connectivity index (χ4n) is 3.60. The number of nitrogens with one attached hydrogen (secondary N) is 1. The molecule has 1 N–H and O–H groups in total. The Morgan fingerprint density at radius 3 is 2.84 bits per heavy atom. The predicted octanol–water partition coefficient (Wildman–Crippen LogP) is 2.50. The average Bonchev–Trinajstić information content (AvgIpc) is 3.23. The molecule has 162 valence electrons. The number of nitrogens with zero attached hydrogens (tertiary/aromatic N) is 4. The van der Waals surface area contributed by atoms with Crippen LogP contribution in [-0.2, 0) is 11.3 Å². The van der Waals surface area contributed by atoms with Crippen molar-refractivity contribution in [1.29, 1.82) is 0 Å². The van der Waals surface area contributed by atoms with Crippen molar-refractivity contribution in [3.8, 4) is 11.3 Å². The van der Waals surface area contributed by atoms with Crippen molar-refractivity contribution in [2.24, 2.45) is 0 Å². The zero-order chi connectivity index (χ0) is 21.6. The van der Waals surface area contributed by atoms with Crippen LogP contribution in [0.25, 0.3) is 11.3 Å². The van der Waals surface area contributed by atoms with Gasteiger partial charge in [0.15, 0.2) is 0 Å². The zero-order valence-corrected chi connectivity index (χ0v) is 17.6. The molecular formula is C23H26FN5O2. The largest absolute Gasteiger partial charge is 0.379 e. The Balaban J connectivity index is 1.41. The van der Waals surface area contributed by atoms with Crippen LogP contribution in [0.4, 0.5) is 4.39 Å². The first-order valence-corrected chi connectivity index (χ1v) is 10.4. The van der Waals surface area contributed by atoms with Gasteiger partial charge in [0.1, 0.15) is 11.5 Å². The van der Waals surface area contributed by atoms with Crippen LogP contribution >= 0.6 is 0 Å². The van der Waals surface area contributed by atoms with Gasteiger partial charge < -0.3 is 10.1 Å². The molecule has 2 aromatic carbocycles. The molecule has 1 aromatic heterocycles. The van der Waals surface area contributed by atoms with E-state index in [4.69, 9.17) is 4.74 Å². The van der Waals surface area contributed by atoms with E-state index in [-0.39, 0.29) is 11.7 Å². The molecule has 1 amide bonds. The summed E-state index contributed by atoms with van der Waals surface area (Å²) in [5.41, 5.74) is 3.81. The second-order valence-electron chi connectivity index (χ2n) is 7.67. The molecule has 4 rings (SSSR count). The highest BCUT2D eigenvalue weighted by Crippen LogP contribution is 2.21. The first-order valence-electron chi connectivity index (χ1n) is 10.4. The summed E-state index contributed by atoms with van der Waals surface area (Å²) in [6, 6.07) is 12.1. The number of rotatable bonds is 7. The molecule has 1 saturated heterocycles. The second-order valence-corrected chi connectivity index (χ2v) is 7.67. The topological polar surface area (TPSA) is 72.3 Å². The quantitative estimate of drug-likeness (QED) is 0.632. The van der Waals surface area contributed by atoms with E-state index in [1.165, 1.54) is 12.1 Å². The highest BCUT2D eigenvalue weighted by Gasteiger charge is 2.14. The molecule has 1 fully saturated rings. The molecule has 31 heavy (non-hydrogen) atoms. The number of amides is 1. The Hall–Kier alpha value is -3.10. The summed E-state index contributed by atoms with van der Waals surface area (Å²) in [6.07, 6.45) is 1.80. The number of carbonyl (C=O) groups is 1. The van der Waals surface area contributed by atoms with Crippen molar-refractivity contribution in [3.63, 3.8) is 0 Å². The lowest BCUT2D eigenvalue weighted by Crippen LogP contribution is -2.41. The van der Waals surface area contributed by atoms with Crippen molar-refractivity contribution < 1.29 is 13.9 Å². The maximum absolute atomic E-state index is 13.4. The van der Waals surface area contributed by atoms with E-state index in [0.717, 1.165) is 49.5 Å². The Labute approximate surface area is 180 Å². The molecule has 2 heterocycles. The minimum absolute atomic E-state index is 0.0974. The number of carbonyl (C=O) groups excluding carboxylic acids is 1. The van der Waals surface area contributed by atoms with E-state index in [1.807, 2.05) is 31.2 Å². The van der Waals surface area contributed by atoms with Gasteiger partial charge in [0.05, 0.1) is 26.0 Å². The summed E-state index contributed by atoms with van der Waals surface area (Å²) in [6.45, 7) is 7.02. The van der Waals surface area contributed by atoms with Crippen LogP contribution in [0.3, 0.4) is 0 Å². The monoisotopic (exact) mass is 423 g/mol. The average molecular weight is 423 g/mol. The maximum atomic E-state index is 13.4. The first kappa shape index (κ1) is 21.1. The lowest BCUT2D eigenvalue weighted by molar-refractivity contribution is 0.0383. The third kappa shape index (κ3) is 5.53. The fraction of sp³-hybridized carbons (Fsp3) is 0.348. The summed E-state index contributed by atoms with van der Waals surface area (Å²) in [5.74, 6) is -0.375. The van der Waals surface area contributed by atoms with Gasteiger partial charge in [-0.15, -0.1) is 5.10 Å². The molecule has 0 atom stereocenters. The molecule has 0 aliphatic carbocycles. The number of ether oxygens (including phenoxy) is 1. The van der Waals surface area contributed by atoms with E-state index in [1.54, 1.807) is 16.9 Å². The van der Waals surface area contributed by atoms with Crippen LogP contribution in [0.2, 0.25) is 0 Å². The van der Waals surface area contributed by atoms with Gasteiger partial charge >= 0.3 is 0 Å². The molecule has 3 aromatic rings. The van der Waals surface area contributed by atoms with E-state index in [0.29, 0.717) is 24.3 Å². The predicted molar refractivity (Wildman–Crippen MR) is 115 cm³/mol. The molecule has 0 unspecified atom stereocenters. The number of morpholine rings is 1. The van der Waals surface area contributed by atoms with Gasteiger partial charge in [-0.2, -0.15) is 0 Å². The van der Waals surface area contributed by atoms with Gasteiger partial charge in [0.25, 0.3) is 5.91 Å². The lowest BCUT2D eigenvalue weighted by Gasteiger charge is -2.26. The number of benzene rings is 2. The third-order valence-corrected chi connectivity index (χ3v) is 5.37. The minimum Gasteiger partial charge on any atom is -0.379 e. The standard InChI is InChI=1S/C23H26FN5O2/c1-17-5-6-19(14-21(17)23(30)25-7-8-28-9-11-31-12-10-28)22-16-29(27-26-22)15-18-3-2-4-20(24)13-18/h2-6,13-14,16H,7-12,15H2,1H3,(H,25,30). The molecule has 7 nitrogen and oxygen atoms in total. The number of hydrogen-bond donors (Lipinski definition) is 1. The summed E-state index contributed by atoms with van der Waals surface area (Å²) in [4.78, 5) is 15.0. The normalized spacial score (nSPS) is 14.5. The highest BCUT2D eigenvalue weighted by molar-refractivity contribution is 5.96. The molecule has 0 spiro atoms. The van der Waals surface area contributed by atoms with Gasteiger partial charge in [0, 0.05) is 37.3 Å². The van der Waals surface area contributed by atoms with Crippen LogP contribution in [-0.4, -0.2) is 65.2 Å². The number of aryl methyl sites for hydroxylation is 1. The summed E-state index contributed by atoms with van der Waals surface area (Å²) >= 11 is 0. The summed E-state index contributed by atoms with van der Waals surface area (Å²) in [5, 5.41) is 11.4. The Morgan fingerprint density at radius 2 is 2.03 bits per heavy atom. The van der Waals surface area contributed by atoms with Crippen LogP contribution < -0.4 is 5.32 Å². The Morgan fingerprint density at radius 1 is 1.19 bits per heavy atom. The SMILES string of the molecule is Cc1ccc(-c2cn(Cc3cccc(F)c3)nn2)cc1C(=O)NCCN1CCOCC1. The van der Waals surface area contributed by atoms with Crippen molar-refractivity contribution in [3.05, 3.63) is 71.2 Å². The summed E-state index contributed by atoms with van der Waals surface area (Å²) < 4.78 is 20.4. The Kier molecular flexibility index (Phi) is 6.69. The lowest BCUT2D eigenvalue weighted by atomic mass is 10.0. The van der Waals surface area contributed by atoms with Crippen LogP contribution in [0, 0.1) is 12.7 Å². The van der Waals surface area contributed by atoms with Crippen LogP contribution in [0.5, 0.6) is 0 Å². The van der Waals surface area contributed by atoms with Gasteiger partial charge in [-0.25, -0.2) is 9.07 Å². The van der Waals surface area contributed by atoms with Crippen LogP contribution in [0.15, 0.2) is 48.7 Å². The number of aromatic nitrogens is 3. The van der Waals surface area contributed by atoms with Gasteiger partial charge in [-0.1, -0.05) is 29.5 Å². The molecule has 0 bridgehead atoms.